The number of hydrogen-bond donors (Lipinski definition) is 2. The molecule has 1 amide bonds. The lowest BCUT2D eigenvalue weighted by molar-refractivity contribution is -0.125. The molecule has 2 N–H and O–H groups in total. The number of carbonyl (C=O) groups excluding carboxylic acids is 1. The lowest BCUT2D eigenvalue weighted by Gasteiger charge is -2.32. The fourth-order valence-corrected chi connectivity index (χ4v) is 6.10. The fraction of sp³-hybridized carbons (Fsp3) is 0.667. The van der Waals surface area contributed by atoms with E-state index in [0.29, 0.717) is 23.1 Å². The van der Waals surface area contributed by atoms with E-state index in [-0.39, 0.29) is 11.9 Å². The second-order valence-electron chi connectivity index (χ2n) is 6.29. The third-order valence-corrected chi connectivity index (χ3v) is 7.96. The van der Waals surface area contributed by atoms with Crippen molar-refractivity contribution in [2.75, 3.05) is 19.6 Å². The minimum Gasteiger partial charge on any atom is -0.352 e. The highest BCUT2D eigenvalue weighted by atomic mass is 32.2. The molecule has 1 aromatic rings. The Balaban J connectivity index is 1.72. The Kier molecular flexibility index (Phi) is 5.05. The molecule has 3 atom stereocenters. The molecule has 0 aliphatic carbocycles. The van der Waals surface area contributed by atoms with Crippen LogP contribution in [0.4, 0.5) is 0 Å². The Morgan fingerprint density at radius 1 is 1.43 bits per heavy atom. The summed E-state index contributed by atoms with van der Waals surface area (Å²) < 4.78 is 27.1. The molecule has 8 heteroatoms. The van der Waals surface area contributed by atoms with Crippen LogP contribution < -0.4 is 10.6 Å². The van der Waals surface area contributed by atoms with Gasteiger partial charge in [0, 0.05) is 12.6 Å². The first-order chi connectivity index (χ1) is 11.0. The second-order valence-corrected chi connectivity index (χ2v) is 9.36. The Morgan fingerprint density at radius 2 is 2.26 bits per heavy atom. The highest BCUT2D eigenvalue weighted by Gasteiger charge is 2.40. The number of piperidine rings is 1. The van der Waals surface area contributed by atoms with Crippen LogP contribution >= 0.6 is 11.3 Å². The third kappa shape index (κ3) is 3.45. The largest absolute Gasteiger partial charge is 0.352 e. The third-order valence-electron chi connectivity index (χ3n) is 4.68. The van der Waals surface area contributed by atoms with Crippen LogP contribution in [0.5, 0.6) is 0 Å². The van der Waals surface area contributed by atoms with Crippen LogP contribution in [0, 0.1) is 5.92 Å². The predicted octanol–water partition coefficient (Wildman–Crippen LogP) is 1.02. The summed E-state index contributed by atoms with van der Waals surface area (Å²) in [5.41, 5.74) is 0. The molecule has 3 unspecified atom stereocenters. The van der Waals surface area contributed by atoms with Gasteiger partial charge in [-0.25, -0.2) is 8.42 Å². The van der Waals surface area contributed by atoms with Gasteiger partial charge in [0.25, 0.3) is 10.0 Å². The highest BCUT2D eigenvalue weighted by Crippen LogP contribution is 2.28. The van der Waals surface area contributed by atoms with E-state index in [0.717, 1.165) is 25.9 Å². The predicted molar refractivity (Wildman–Crippen MR) is 89.8 cm³/mol. The van der Waals surface area contributed by atoms with Crippen LogP contribution in [0.1, 0.15) is 26.2 Å². The molecular formula is C15H23N3O3S2. The van der Waals surface area contributed by atoms with Crippen molar-refractivity contribution in [2.24, 2.45) is 5.92 Å². The summed E-state index contributed by atoms with van der Waals surface area (Å²) in [6.07, 6.45) is 2.21. The number of rotatable bonds is 4. The summed E-state index contributed by atoms with van der Waals surface area (Å²) in [5, 5.41) is 8.12. The molecule has 0 bridgehead atoms. The van der Waals surface area contributed by atoms with E-state index in [4.69, 9.17) is 0 Å². The van der Waals surface area contributed by atoms with Crippen LogP contribution in [0.15, 0.2) is 21.7 Å². The molecule has 128 valence electrons. The Labute approximate surface area is 141 Å². The lowest BCUT2D eigenvalue weighted by Crippen LogP contribution is -2.53. The summed E-state index contributed by atoms with van der Waals surface area (Å²) in [5.74, 6) is 0.206. The topological polar surface area (TPSA) is 78.5 Å². The highest BCUT2D eigenvalue weighted by molar-refractivity contribution is 7.91. The molecule has 0 aromatic carbocycles. The van der Waals surface area contributed by atoms with Crippen LogP contribution in [0.25, 0.3) is 0 Å². The van der Waals surface area contributed by atoms with E-state index in [2.05, 4.69) is 17.6 Å². The Hall–Kier alpha value is -0.960. The molecule has 2 fully saturated rings. The van der Waals surface area contributed by atoms with Gasteiger partial charge in [0.05, 0.1) is 0 Å². The molecular weight excluding hydrogens is 334 g/mol. The minimum absolute atomic E-state index is 0.121. The Morgan fingerprint density at radius 3 is 2.96 bits per heavy atom. The normalized spacial score (nSPS) is 29.5. The molecule has 0 radical (unpaired) electrons. The van der Waals surface area contributed by atoms with Crippen molar-refractivity contribution in [1.82, 2.24) is 14.9 Å². The number of carbonyl (C=O) groups is 1. The van der Waals surface area contributed by atoms with Gasteiger partial charge in [-0.2, -0.15) is 4.31 Å². The zero-order chi connectivity index (χ0) is 16.4. The quantitative estimate of drug-likeness (QED) is 0.843. The van der Waals surface area contributed by atoms with Gasteiger partial charge >= 0.3 is 0 Å². The van der Waals surface area contributed by atoms with Gasteiger partial charge in [0.15, 0.2) is 0 Å². The standard InChI is InChI=1S/C15H23N3O3S2/c1-11-10-16-7-6-12(11)17-15(19)13-4-2-8-18(13)23(20,21)14-5-3-9-22-14/h3,5,9,11-13,16H,2,4,6-8,10H2,1H3,(H,17,19). The smallest absolute Gasteiger partial charge is 0.253 e. The second kappa shape index (κ2) is 6.88. The summed E-state index contributed by atoms with van der Waals surface area (Å²) in [6, 6.07) is 2.86. The van der Waals surface area contributed by atoms with Crippen molar-refractivity contribution >= 4 is 27.3 Å². The van der Waals surface area contributed by atoms with Gasteiger partial charge in [-0.05, 0) is 49.7 Å². The summed E-state index contributed by atoms with van der Waals surface area (Å²) in [7, 11) is -3.57. The maximum Gasteiger partial charge on any atom is 0.253 e. The van der Waals surface area contributed by atoms with E-state index < -0.39 is 16.1 Å². The number of hydrogen-bond acceptors (Lipinski definition) is 5. The zero-order valence-electron chi connectivity index (χ0n) is 13.2. The molecule has 23 heavy (non-hydrogen) atoms. The summed E-state index contributed by atoms with van der Waals surface area (Å²) in [6.45, 7) is 4.29. The molecule has 2 aliphatic heterocycles. The maximum atomic E-state index is 12.7. The fourth-order valence-electron chi connectivity index (χ4n) is 3.32. The number of sulfonamides is 1. The van der Waals surface area contributed by atoms with E-state index in [9.17, 15) is 13.2 Å². The minimum atomic E-state index is -3.57. The van der Waals surface area contributed by atoms with E-state index >= 15 is 0 Å². The molecule has 3 heterocycles. The zero-order valence-corrected chi connectivity index (χ0v) is 14.8. The van der Waals surface area contributed by atoms with Crippen molar-refractivity contribution in [2.45, 2.75) is 42.5 Å². The van der Waals surface area contributed by atoms with Crippen LogP contribution in [-0.2, 0) is 14.8 Å². The van der Waals surface area contributed by atoms with Crippen molar-refractivity contribution < 1.29 is 13.2 Å². The molecule has 1 aromatic heterocycles. The number of nitrogens with one attached hydrogen (secondary N) is 2. The SMILES string of the molecule is CC1CNCCC1NC(=O)C1CCCN1S(=O)(=O)c1cccs1. The maximum absolute atomic E-state index is 12.7. The average molecular weight is 358 g/mol. The van der Waals surface area contributed by atoms with E-state index in [1.165, 1.54) is 15.6 Å². The molecule has 0 saturated carbocycles. The lowest BCUT2D eigenvalue weighted by atomic mass is 9.95. The van der Waals surface area contributed by atoms with Gasteiger partial charge in [0.2, 0.25) is 5.91 Å². The van der Waals surface area contributed by atoms with Crippen molar-refractivity contribution in [1.29, 1.82) is 0 Å². The van der Waals surface area contributed by atoms with Crippen molar-refractivity contribution in [3.05, 3.63) is 17.5 Å². The number of thiophene rings is 1. The van der Waals surface area contributed by atoms with Gasteiger partial charge in [-0.15, -0.1) is 11.3 Å². The van der Waals surface area contributed by atoms with Gasteiger partial charge in [-0.3, -0.25) is 4.79 Å². The first-order valence-corrected chi connectivity index (χ1v) is 10.4. The molecule has 2 aliphatic rings. The summed E-state index contributed by atoms with van der Waals surface area (Å²) in [4.78, 5) is 12.7. The first-order valence-electron chi connectivity index (χ1n) is 8.06. The van der Waals surface area contributed by atoms with Gasteiger partial charge in [-0.1, -0.05) is 13.0 Å². The van der Waals surface area contributed by atoms with Crippen molar-refractivity contribution in [3.8, 4) is 0 Å². The van der Waals surface area contributed by atoms with Crippen molar-refractivity contribution in [3.63, 3.8) is 0 Å². The van der Waals surface area contributed by atoms with Gasteiger partial charge in [0.1, 0.15) is 10.3 Å². The number of nitrogens with zero attached hydrogens (tertiary/aromatic N) is 1. The van der Waals surface area contributed by atoms with Crippen LogP contribution in [-0.4, -0.2) is 50.3 Å². The average Bonchev–Trinajstić information content (AvgIpc) is 3.21. The Bertz CT molecular complexity index is 645. The van der Waals surface area contributed by atoms with Gasteiger partial charge < -0.3 is 10.6 Å². The van der Waals surface area contributed by atoms with E-state index in [1.807, 2.05) is 0 Å². The summed E-state index contributed by atoms with van der Waals surface area (Å²) >= 11 is 1.20. The van der Waals surface area contributed by atoms with E-state index in [1.54, 1.807) is 17.5 Å². The molecule has 2 saturated heterocycles. The first kappa shape index (κ1) is 16.9. The molecule has 3 rings (SSSR count). The number of amides is 1. The van der Waals surface area contributed by atoms with Crippen LogP contribution in [0.3, 0.4) is 0 Å². The molecule has 0 spiro atoms. The van der Waals surface area contributed by atoms with Crippen LogP contribution in [0.2, 0.25) is 0 Å². The monoisotopic (exact) mass is 357 g/mol. The molecule has 6 nitrogen and oxygen atoms in total.